The van der Waals surface area contributed by atoms with Gasteiger partial charge in [-0.2, -0.15) is 0 Å². The summed E-state index contributed by atoms with van der Waals surface area (Å²) < 4.78 is 6.57. The van der Waals surface area contributed by atoms with Gasteiger partial charge < -0.3 is 14.2 Å². The molecule has 126 valence electrons. The number of carbonyl (C=O) groups excluding carboxylic acids is 2. The molecule has 1 aromatic heterocycles. The van der Waals surface area contributed by atoms with E-state index in [9.17, 15) is 9.59 Å². The Kier molecular flexibility index (Phi) is 3.73. The van der Waals surface area contributed by atoms with Crippen molar-refractivity contribution in [2.75, 3.05) is 12.0 Å². The highest BCUT2D eigenvalue weighted by atomic mass is 35.5. The van der Waals surface area contributed by atoms with Crippen LogP contribution in [-0.4, -0.2) is 23.6 Å². The summed E-state index contributed by atoms with van der Waals surface area (Å²) in [4.78, 5) is 26.3. The first-order valence-corrected chi connectivity index (χ1v) is 8.22. The maximum Gasteiger partial charge on any atom is 0.325 e. The average molecular weight is 355 g/mol. The smallest absolute Gasteiger partial charge is 0.325 e. The molecule has 6 heteroatoms. The van der Waals surface area contributed by atoms with E-state index in [1.807, 2.05) is 42.6 Å². The van der Waals surface area contributed by atoms with Crippen LogP contribution in [0.3, 0.4) is 0 Å². The molecular formula is C19H15ClN2O3. The fourth-order valence-corrected chi connectivity index (χ4v) is 3.58. The van der Waals surface area contributed by atoms with Gasteiger partial charge in [0.1, 0.15) is 6.54 Å². The van der Waals surface area contributed by atoms with Gasteiger partial charge in [-0.25, -0.2) is 0 Å². The summed E-state index contributed by atoms with van der Waals surface area (Å²) >= 11 is 6.22. The number of amides is 1. The number of ether oxygens (including phenoxy) is 1. The maximum atomic E-state index is 12.9. The molecule has 0 radical (unpaired) electrons. The van der Waals surface area contributed by atoms with Crippen molar-refractivity contribution in [3.63, 3.8) is 0 Å². The number of nitrogens with zero attached hydrogens (tertiary/aromatic N) is 2. The number of aromatic nitrogens is 1. The molecule has 0 bridgehead atoms. The lowest BCUT2D eigenvalue weighted by Gasteiger charge is -2.18. The lowest BCUT2D eigenvalue weighted by Crippen LogP contribution is -2.24. The van der Waals surface area contributed by atoms with Crippen LogP contribution in [0.5, 0.6) is 0 Å². The zero-order chi connectivity index (χ0) is 17.6. The predicted molar refractivity (Wildman–Crippen MR) is 95.9 cm³/mol. The number of fused-ring (bicyclic) bond motifs is 2. The Morgan fingerprint density at radius 3 is 2.76 bits per heavy atom. The van der Waals surface area contributed by atoms with E-state index in [1.165, 1.54) is 7.11 Å². The molecular weight excluding hydrogens is 340 g/mol. The summed E-state index contributed by atoms with van der Waals surface area (Å²) in [6.07, 6.45) is 1.83. The first-order chi connectivity index (χ1) is 12.1. The number of rotatable bonds is 3. The summed E-state index contributed by atoms with van der Waals surface area (Å²) in [6, 6.07) is 13.1. The summed E-state index contributed by atoms with van der Waals surface area (Å²) in [5, 5.41) is 1.42. The fraction of sp³-hybridized carbons (Fsp3) is 0.158. The van der Waals surface area contributed by atoms with Crippen molar-refractivity contribution in [3.05, 3.63) is 64.8 Å². The highest BCUT2D eigenvalue weighted by Gasteiger charge is 2.32. The topological polar surface area (TPSA) is 51.5 Å². The molecule has 0 N–H and O–H groups in total. The highest BCUT2D eigenvalue weighted by Crippen LogP contribution is 2.36. The van der Waals surface area contributed by atoms with Gasteiger partial charge in [0.25, 0.3) is 5.91 Å². The van der Waals surface area contributed by atoms with E-state index in [4.69, 9.17) is 16.3 Å². The van der Waals surface area contributed by atoms with Crippen molar-refractivity contribution in [2.24, 2.45) is 0 Å². The molecule has 0 unspecified atom stereocenters. The molecule has 2 aromatic carbocycles. The van der Waals surface area contributed by atoms with Gasteiger partial charge in [-0.3, -0.25) is 9.59 Å². The Labute approximate surface area is 149 Å². The highest BCUT2D eigenvalue weighted by molar-refractivity contribution is 6.35. The van der Waals surface area contributed by atoms with Crippen LogP contribution in [0, 0.1) is 0 Å². The average Bonchev–Trinajstić information content (AvgIpc) is 3.17. The largest absolute Gasteiger partial charge is 0.468 e. The Balaban J connectivity index is 1.83. The van der Waals surface area contributed by atoms with Crippen LogP contribution in [0.4, 0.5) is 5.69 Å². The van der Waals surface area contributed by atoms with Crippen molar-refractivity contribution >= 4 is 40.1 Å². The molecule has 4 rings (SSSR count). The number of carbonyl (C=O) groups is 2. The van der Waals surface area contributed by atoms with Crippen molar-refractivity contribution in [1.29, 1.82) is 0 Å². The molecule has 0 spiro atoms. The van der Waals surface area contributed by atoms with Gasteiger partial charge in [0.05, 0.1) is 35.4 Å². The second kappa shape index (κ2) is 5.93. The number of esters is 1. The minimum absolute atomic E-state index is 0.0900. The first-order valence-electron chi connectivity index (χ1n) is 7.84. The Morgan fingerprint density at radius 2 is 2.00 bits per heavy atom. The van der Waals surface area contributed by atoms with Crippen LogP contribution >= 0.6 is 11.6 Å². The van der Waals surface area contributed by atoms with Gasteiger partial charge in [0.2, 0.25) is 0 Å². The molecule has 0 saturated heterocycles. The Morgan fingerprint density at radius 1 is 1.20 bits per heavy atom. The summed E-state index contributed by atoms with van der Waals surface area (Å²) in [5.41, 5.74) is 3.03. The van der Waals surface area contributed by atoms with Gasteiger partial charge >= 0.3 is 5.97 Å². The van der Waals surface area contributed by atoms with Crippen molar-refractivity contribution in [2.45, 2.75) is 13.1 Å². The normalized spacial score (nSPS) is 13.4. The number of benzene rings is 2. The number of para-hydroxylation sites is 1. The van der Waals surface area contributed by atoms with Crippen LogP contribution in [0.15, 0.2) is 48.7 Å². The van der Waals surface area contributed by atoms with Crippen LogP contribution in [0.2, 0.25) is 5.02 Å². The zero-order valence-electron chi connectivity index (χ0n) is 13.5. The van der Waals surface area contributed by atoms with Crippen LogP contribution in [-0.2, 0) is 22.6 Å². The van der Waals surface area contributed by atoms with Gasteiger partial charge in [-0.05, 0) is 23.8 Å². The van der Waals surface area contributed by atoms with E-state index in [-0.39, 0.29) is 18.4 Å². The summed E-state index contributed by atoms with van der Waals surface area (Å²) in [6.45, 7) is 0.546. The van der Waals surface area contributed by atoms with Crippen molar-refractivity contribution in [3.8, 4) is 0 Å². The van der Waals surface area contributed by atoms with Crippen molar-refractivity contribution in [1.82, 2.24) is 4.57 Å². The van der Waals surface area contributed by atoms with E-state index < -0.39 is 0 Å². The number of hydrogen-bond acceptors (Lipinski definition) is 3. The zero-order valence-corrected chi connectivity index (χ0v) is 14.3. The number of hydrogen-bond donors (Lipinski definition) is 0. The molecule has 0 fully saturated rings. The molecule has 1 aliphatic heterocycles. The predicted octanol–water partition coefficient (Wildman–Crippen LogP) is 3.63. The third-order valence-corrected chi connectivity index (χ3v) is 4.79. The van der Waals surface area contributed by atoms with E-state index in [2.05, 4.69) is 0 Å². The van der Waals surface area contributed by atoms with Gasteiger partial charge in [0, 0.05) is 11.6 Å². The molecule has 2 heterocycles. The molecule has 0 saturated carbocycles. The third-order valence-electron chi connectivity index (χ3n) is 4.47. The lowest BCUT2D eigenvalue weighted by molar-refractivity contribution is -0.141. The van der Waals surface area contributed by atoms with E-state index in [0.717, 1.165) is 22.2 Å². The molecule has 3 aromatic rings. The summed E-state index contributed by atoms with van der Waals surface area (Å²) in [5.74, 6) is -0.467. The minimum Gasteiger partial charge on any atom is -0.468 e. The SMILES string of the molecule is COC(=O)Cn1ccc2cccc(N3Cc4cccc(Cl)c4C3=O)c21. The monoisotopic (exact) mass is 354 g/mol. The molecule has 25 heavy (non-hydrogen) atoms. The van der Waals surface area contributed by atoms with E-state index >= 15 is 0 Å². The van der Waals surface area contributed by atoms with Gasteiger partial charge in [-0.1, -0.05) is 35.9 Å². The van der Waals surface area contributed by atoms with Crippen LogP contribution in [0.1, 0.15) is 15.9 Å². The minimum atomic E-state index is -0.341. The molecule has 1 aliphatic rings. The number of methoxy groups -OCH3 is 1. The van der Waals surface area contributed by atoms with E-state index in [1.54, 1.807) is 15.5 Å². The number of anilines is 1. The molecule has 5 nitrogen and oxygen atoms in total. The van der Waals surface area contributed by atoms with Crippen molar-refractivity contribution < 1.29 is 14.3 Å². The fourth-order valence-electron chi connectivity index (χ4n) is 3.31. The molecule has 0 atom stereocenters. The maximum absolute atomic E-state index is 12.9. The molecule has 1 amide bonds. The van der Waals surface area contributed by atoms with E-state index in [0.29, 0.717) is 17.1 Å². The second-order valence-corrected chi connectivity index (χ2v) is 6.31. The molecule has 0 aliphatic carbocycles. The quantitative estimate of drug-likeness (QED) is 0.675. The Bertz CT molecular complexity index is 1010. The second-order valence-electron chi connectivity index (χ2n) is 5.90. The number of halogens is 1. The first kappa shape index (κ1) is 15.7. The van der Waals surface area contributed by atoms with Gasteiger partial charge in [-0.15, -0.1) is 0 Å². The lowest BCUT2D eigenvalue weighted by atomic mass is 10.1. The third kappa shape index (κ3) is 2.48. The van der Waals surface area contributed by atoms with Crippen LogP contribution in [0.25, 0.3) is 10.9 Å². The standard InChI is InChI=1S/C19H15ClN2O3/c1-25-16(23)11-21-9-8-12-4-3-7-15(18(12)21)22-10-13-5-2-6-14(20)17(13)19(22)24/h2-9H,10-11H2,1H3. The Hall–Kier alpha value is -2.79. The van der Waals surface area contributed by atoms with Crippen LogP contribution < -0.4 is 4.90 Å². The van der Waals surface area contributed by atoms with Gasteiger partial charge in [0.15, 0.2) is 0 Å². The summed E-state index contributed by atoms with van der Waals surface area (Å²) in [7, 11) is 1.36.